The zero-order chi connectivity index (χ0) is 16.4. The van der Waals surface area contributed by atoms with E-state index in [-0.39, 0.29) is 5.91 Å². The van der Waals surface area contributed by atoms with Gasteiger partial charge in [0.2, 0.25) is 0 Å². The Morgan fingerprint density at radius 2 is 2.09 bits per heavy atom. The van der Waals surface area contributed by atoms with Crippen LogP contribution in [0.3, 0.4) is 0 Å². The largest absolute Gasteiger partial charge is 0.305 e. The highest BCUT2D eigenvalue weighted by atomic mass is 16.2. The molecule has 1 aromatic carbocycles. The third kappa shape index (κ3) is 2.73. The predicted octanol–water partition coefficient (Wildman–Crippen LogP) is 3.11. The van der Waals surface area contributed by atoms with Gasteiger partial charge < -0.3 is 4.90 Å². The van der Waals surface area contributed by atoms with E-state index in [1.54, 1.807) is 21.9 Å². The molecule has 116 valence electrons. The number of benzene rings is 1. The number of carbonyl (C=O) groups excluding carboxylic acids is 1. The van der Waals surface area contributed by atoms with Crippen LogP contribution in [0.4, 0.5) is 5.69 Å². The summed E-state index contributed by atoms with van der Waals surface area (Å²) < 4.78 is 1.72. The Kier molecular flexibility index (Phi) is 3.93. The summed E-state index contributed by atoms with van der Waals surface area (Å²) in [7, 11) is 1.85. The lowest BCUT2D eigenvalue weighted by molar-refractivity contribution is 0.0989. The second-order valence-electron chi connectivity index (χ2n) is 5.34. The topological polar surface area (TPSA) is 51.0 Å². The Balaban J connectivity index is 2.03. The quantitative estimate of drug-likeness (QED) is 0.696. The summed E-state index contributed by atoms with van der Waals surface area (Å²) in [5, 5.41) is 5.24. The van der Waals surface area contributed by atoms with E-state index in [1.807, 2.05) is 50.4 Å². The molecule has 0 aliphatic heterocycles. The molecule has 0 aliphatic carbocycles. The smallest absolute Gasteiger partial charge is 0.260 e. The molecule has 23 heavy (non-hydrogen) atoms. The van der Waals surface area contributed by atoms with Crippen molar-refractivity contribution in [3.63, 3.8) is 0 Å². The van der Waals surface area contributed by atoms with Crippen molar-refractivity contribution in [2.45, 2.75) is 6.92 Å². The highest BCUT2D eigenvalue weighted by Crippen LogP contribution is 2.20. The van der Waals surface area contributed by atoms with Gasteiger partial charge >= 0.3 is 0 Å². The van der Waals surface area contributed by atoms with E-state index in [0.29, 0.717) is 12.1 Å². The first-order valence-electron chi connectivity index (χ1n) is 7.39. The number of carbonyl (C=O) groups is 1. The number of hydrogen-bond donors (Lipinski definition) is 0. The summed E-state index contributed by atoms with van der Waals surface area (Å²) in [5.41, 5.74) is 3.01. The van der Waals surface area contributed by atoms with Gasteiger partial charge in [-0.15, -0.1) is 6.58 Å². The van der Waals surface area contributed by atoms with E-state index >= 15 is 0 Å². The minimum atomic E-state index is -0.103. The summed E-state index contributed by atoms with van der Waals surface area (Å²) in [6.07, 6.45) is 3.32. The van der Waals surface area contributed by atoms with Gasteiger partial charge in [0, 0.05) is 30.9 Å². The van der Waals surface area contributed by atoms with E-state index in [0.717, 1.165) is 22.4 Å². The number of aryl methyl sites for hydroxylation is 2. The normalized spacial score (nSPS) is 10.7. The van der Waals surface area contributed by atoms with Gasteiger partial charge in [-0.2, -0.15) is 5.10 Å². The maximum atomic E-state index is 12.9. The van der Waals surface area contributed by atoms with Crippen molar-refractivity contribution < 1.29 is 4.79 Å². The molecule has 2 heterocycles. The molecule has 0 aliphatic rings. The summed E-state index contributed by atoms with van der Waals surface area (Å²) in [4.78, 5) is 19.0. The fourth-order valence-corrected chi connectivity index (χ4v) is 2.62. The molecule has 5 nitrogen and oxygen atoms in total. The maximum absolute atomic E-state index is 12.9. The number of fused-ring (bicyclic) bond motifs is 1. The van der Waals surface area contributed by atoms with E-state index in [1.165, 1.54) is 0 Å². The second kappa shape index (κ2) is 6.04. The summed E-state index contributed by atoms with van der Waals surface area (Å²) in [5.74, 6) is -0.103. The number of hydrogen-bond acceptors (Lipinski definition) is 3. The number of para-hydroxylation sites is 1. The van der Waals surface area contributed by atoms with Crippen LogP contribution in [0.5, 0.6) is 0 Å². The van der Waals surface area contributed by atoms with Gasteiger partial charge in [-0.25, -0.2) is 4.98 Å². The maximum Gasteiger partial charge on any atom is 0.260 e. The zero-order valence-corrected chi connectivity index (χ0v) is 13.2. The summed E-state index contributed by atoms with van der Waals surface area (Å²) >= 11 is 0. The number of anilines is 1. The molecule has 3 rings (SSSR count). The molecule has 0 bridgehead atoms. The average molecular weight is 306 g/mol. The molecule has 5 heteroatoms. The molecule has 0 radical (unpaired) electrons. The average Bonchev–Trinajstić information content (AvgIpc) is 2.87. The Labute approximate surface area is 134 Å². The van der Waals surface area contributed by atoms with Crippen molar-refractivity contribution in [2.24, 2.45) is 7.05 Å². The van der Waals surface area contributed by atoms with Crippen molar-refractivity contribution in [3.05, 3.63) is 66.5 Å². The molecule has 3 aromatic rings. The Morgan fingerprint density at radius 3 is 2.78 bits per heavy atom. The van der Waals surface area contributed by atoms with Crippen LogP contribution in [-0.4, -0.2) is 27.2 Å². The SMILES string of the molecule is C=CCN(C(=O)c1cnc2c(c1)c(C)nn2C)c1ccccc1. The van der Waals surface area contributed by atoms with E-state index < -0.39 is 0 Å². The molecular weight excluding hydrogens is 288 g/mol. The standard InChI is InChI=1S/C18H18N4O/c1-4-10-22(15-8-6-5-7-9-15)18(23)14-11-16-13(2)20-21(3)17(16)19-12-14/h4-9,11-12H,1,10H2,2-3H3. The molecule has 0 N–H and O–H groups in total. The Hall–Kier alpha value is -2.95. The summed E-state index contributed by atoms with van der Waals surface area (Å²) in [6.45, 7) is 6.10. The minimum Gasteiger partial charge on any atom is -0.305 e. The van der Waals surface area contributed by atoms with Crippen molar-refractivity contribution >= 4 is 22.6 Å². The van der Waals surface area contributed by atoms with Gasteiger partial charge in [-0.3, -0.25) is 9.48 Å². The van der Waals surface area contributed by atoms with Crippen LogP contribution in [0.1, 0.15) is 16.1 Å². The molecule has 0 spiro atoms. The van der Waals surface area contributed by atoms with Gasteiger partial charge in [0.1, 0.15) is 0 Å². The lowest BCUT2D eigenvalue weighted by atomic mass is 10.1. The number of rotatable bonds is 4. The van der Waals surface area contributed by atoms with Gasteiger partial charge in [0.05, 0.1) is 11.3 Å². The van der Waals surface area contributed by atoms with Gasteiger partial charge in [0.15, 0.2) is 5.65 Å². The van der Waals surface area contributed by atoms with E-state index in [4.69, 9.17) is 0 Å². The summed E-state index contributed by atoms with van der Waals surface area (Å²) in [6, 6.07) is 11.4. The lowest BCUT2D eigenvalue weighted by Crippen LogP contribution is -2.31. The number of amides is 1. The highest BCUT2D eigenvalue weighted by molar-refractivity contribution is 6.07. The number of aromatic nitrogens is 3. The minimum absolute atomic E-state index is 0.103. The van der Waals surface area contributed by atoms with Crippen LogP contribution in [0.25, 0.3) is 11.0 Å². The van der Waals surface area contributed by atoms with Gasteiger partial charge in [0.25, 0.3) is 5.91 Å². The van der Waals surface area contributed by atoms with Crippen LogP contribution < -0.4 is 4.90 Å². The third-order valence-corrected chi connectivity index (χ3v) is 3.73. The van der Waals surface area contributed by atoms with Crippen molar-refractivity contribution in [2.75, 3.05) is 11.4 Å². The van der Waals surface area contributed by atoms with E-state index in [2.05, 4.69) is 16.7 Å². The molecule has 0 unspecified atom stereocenters. The number of nitrogens with zero attached hydrogens (tertiary/aromatic N) is 4. The van der Waals surface area contributed by atoms with Crippen LogP contribution in [0, 0.1) is 6.92 Å². The zero-order valence-electron chi connectivity index (χ0n) is 13.2. The molecule has 0 atom stereocenters. The van der Waals surface area contributed by atoms with Gasteiger partial charge in [-0.05, 0) is 25.1 Å². The first kappa shape index (κ1) is 15.0. The highest BCUT2D eigenvalue weighted by Gasteiger charge is 2.18. The Morgan fingerprint density at radius 1 is 1.35 bits per heavy atom. The predicted molar refractivity (Wildman–Crippen MR) is 91.6 cm³/mol. The van der Waals surface area contributed by atoms with Crippen molar-refractivity contribution in [1.29, 1.82) is 0 Å². The fourth-order valence-electron chi connectivity index (χ4n) is 2.62. The van der Waals surface area contributed by atoms with Crippen LogP contribution in [-0.2, 0) is 7.05 Å². The molecule has 0 saturated carbocycles. The van der Waals surface area contributed by atoms with Crippen LogP contribution >= 0.6 is 0 Å². The molecule has 0 saturated heterocycles. The molecular formula is C18H18N4O. The molecule has 0 fully saturated rings. The van der Waals surface area contributed by atoms with Crippen LogP contribution in [0.15, 0.2) is 55.3 Å². The first-order chi connectivity index (χ1) is 11.1. The third-order valence-electron chi connectivity index (χ3n) is 3.73. The fraction of sp³-hybridized carbons (Fsp3) is 0.167. The first-order valence-corrected chi connectivity index (χ1v) is 7.39. The van der Waals surface area contributed by atoms with Crippen molar-refractivity contribution in [3.8, 4) is 0 Å². The van der Waals surface area contributed by atoms with Crippen LogP contribution in [0.2, 0.25) is 0 Å². The lowest BCUT2D eigenvalue weighted by Gasteiger charge is -2.21. The van der Waals surface area contributed by atoms with Gasteiger partial charge in [-0.1, -0.05) is 24.3 Å². The second-order valence-corrected chi connectivity index (χ2v) is 5.34. The Bertz CT molecular complexity index is 867. The van der Waals surface area contributed by atoms with E-state index in [9.17, 15) is 4.79 Å². The van der Waals surface area contributed by atoms with Crippen molar-refractivity contribution in [1.82, 2.24) is 14.8 Å². The number of pyridine rings is 1. The molecule has 1 amide bonds. The monoisotopic (exact) mass is 306 g/mol. The molecule has 2 aromatic heterocycles.